The highest BCUT2D eigenvalue weighted by molar-refractivity contribution is 6.30. The molecule has 2 rings (SSSR count). The molecule has 5 nitrogen and oxygen atoms in total. The molecule has 0 aliphatic heterocycles. The Hall–Kier alpha value is -1.92. The van der Waals surface area contributed by atoms with Crippen LogP contribution in [0.3, 0.4) is 0 Å². The Kier molecular flexibility index (Phi) is 4.70. The first-order valence-electron chi connectivity index (χ1n) is 6.05. The predicted octanol–water partition coefficient (Wildman–Crippen LogP) is 1.45. The second kappa shape index (κ2) is 6.49. The quantitative estimate of drug-likeness (QED) is 0.876. The molecule has 0 saturated heterocycles. The first-order valence-corrected chi connectivity index (χ1v) is 6.43. The fourth-order valence-corrected chi connectivity index (χ4v) is 1.84. The van der Waals surface area contributed by atoms with E-state index in [4.69, 9.17) is 17.3 Å². The standard InChI is InChI=1S/C13H14ClFN4O/c14-10-2-1-9(12(15)5-10)8-19-13(20)6-11(7-18-19)17-4-3-16/h1-2,5-7,17H,3-4,8,16H2. The molecule has 0 saturated carbocycles. The summed E-state index contributed by atoms with van der Waals surface area (Å²) in [6.07, 6.45) is 1.50. The minimum absolute atomic E-state index is 0.0546. The van der Waals surface area contributed by atoms with E-state index in [-0.39, 0.29) is 12.1 Å². The molecule has 0 amide bonds. The van der Waals surface area contributed by atoms with Gasteiger partial charge in [-0.15, -0.1) is 0 Å². The van der Waals surface area contributed by atoms with Crippen LogP contribution in [0.15, 0.2) is 35.3 Å². The lowest BCUT2D eigenvalue weighted by Crippen LogP contribution is -2.24. The number of hydrogen-bond acceptors (Lipinski definition) is 4. The smallest absolute Gasteiger partial charge is 0.269 e. The van der Waals surface area contributed by atoms with Crippen LogP contribution in [-0.2, 0) is 6.54 Å². The van der Waals surface area contributed by atoms with Crippen LogP contribution >= 0.6 is 11.6 Å². The third-order valence-corrected chi connectivity index (χ3v) is 2.91. The summed E-state index contributed by atoms with van der Waals surface area (Å²) in [6.45, 7) is 1.06. The Morgan fingerprint density at radius 1 is 1.40 bits per heavy atom. The molecule has 2 aromatic rings. The zero-order chi connectivity index (χ0) is 14.5. The molecule has 106 valence electrons. The molecule has 1 aromatic carbocycles. The van der Waals surface area contributed by atoms with Crippen LogP contribution in [0.2, 0.25) is 5.02 Å². The Balaban J connectivity index is 2.19. The molecule has 3 N–H and O–H groups in total. The van der Waals surface area contributed by atoms with Crippen molar-refractivity contribution >= 4 is 17.3 Å². The Bertz CT molecular complexity index is 659. The van der Waals surface area contributed by atoms with Gasteiger partial charge in [0.15, 0.2) is 0 Å². The topological polar surface area (TPSA) is 72.9 Å². The highest BCUT2D eigenvalue weighted by Crippen LogP contribution is 2.15. The SMILES string of the molecule is NCCNc1cnn(Cc2ccc(Cl)cc2F)c(=O)c1. The molecule has 7 heteroatoms. The number of nitrogens with one attached hydrogen (secondary N) is 1. The van der Waals surface area contributed by atoms with E-state index >= 15 is 0 Å². The first kappa shape index (κ1) is 14.5. The van der Waals surface area contributed by atoms with Gasteiger partial charge in [-0.3, -0.25) is 4.79 Å². The van der Waals surface area contributed by atoms with Crippen LogP contribution in [0.4, 0.5) is 10.1 Å². The van der Waals surface area contributed by atoms with Crippen molar-refractivity contribution < 1.29 is 4.39 Å². The maximum Gasteiger partial charge on any atom is 0.269 e. The van der Waals surface area contributed by atoms with Gasteiger partial charge in [0.2, 0.25) is 0 Å². The fourth-order valence-electron chi connectivity index (χ4n) is 1.68. The fraction of sp³-hybridized carbons (Fsp3) is 0.231. The van der Waals surface area contributed by atoms with E-state index in [9.17, 15) is 9.18 Å². The third kappa shape index (κ3) is 3.55. The summed E-state index contributed by atoms with van der Waals surface area (Å²) in [4.78, 5) is 11.9. The average Bonchev–Trinajstić information content (AvgIpc) is 2.42. The molecule has 0 unspecified atom stereocenters. The van der Waals surface area contributed by atoms with Gasteiger partial charge in [0, 0.05) is 29.7 Å². The molecule has 0 radical (unpaired) electrons. The molecule has 0 fully saturated rings. The minimum Gasteiger partial charge on any atom is -0.382 e. The van der Waals surface area contributed by atoms with Crippen LogP contribution in [0.1, 0.15) is 5.56 Å². The van der Waals surface area contributed by atoms with Gasteiger partial charge in [-0.1, -0.05) is 17.7 Å². The van der Waals surface area contributed by atoms with Crippen molar-refractivity contribution in [1.29, 1.82) is 0 Å². The predicted molar refractivity (Wildman–Crippen MR) is 76.6 cm³/mol. The average molecular weight is 297 g/mol. The summed E-state index contributed by atoms with van der Waals surface area (Å²) in [6, 6.07) is 5.71. The van der Waals surface area contributed by atoms with Crippen molar-refractivity contribution in [2.75, 3.05) is 18.4 Å². The lowest BCUT2D eigenvalue weighted by atomic mass is 10.2. The van der Waals surface area contributed by atoms with Crippen LogP contribution in [0, 0.1) is 5.82 Å². The van der Waals surface area contributed by atoms with E-state index in [1.807, 2.05) is 0 Å². The minimum atomic E-state index is -0.462. The molecule has 20 heavy (non-hydrogen) atoms. The number of nitrogens with zero attached hydrogens (tertiary/aromatic N) is 2. The lowest BCUT2D eigenvalue weighted by Gasteiger charge is -2.08. The van der Waals surface area contributed by atoms with E-state index in [0.29, 0.717) is 29.4 Å². The molecule has 0 aliphatic carbocycles. The van der Waals surface area contributed by atoms with Crippen molar-refractivity contribution in [2.45, 2.75) is 6.54 Å². The number of halogens is 2. The number of anilines is 1. The highest BCUT2D eigenvalue weighted by Gasteiger charge is 2.06. The van der Waals surface area contributed by atoms with E-state index < -0.39 is 5.82 Å². The molecule has 0 aliphatic rings. The molecule has 1 heterocycles. The van der Waals surface area contributed by atoms with Crippen LogP contribution in [0.5, 0.6) is 0 Å². The second-order valence-corrected chi connectivity index (χ2v) is 4.63. The Labute approximate surface area is 120 Å². The van der Waals surface area contributed by atoms with Gasteiger partial charge in [-0.05, 0) is 12.1 Å². The van der Waals surface area contributed by atoms with Crippen molar-refractivity contribution in [3.8, 4) is 0 Å². The van der Waals surface area contributed by atoms with Crippen LogP contribution in [-0.4, -0.2) is 22.9 Å². The van der Waals surface area contributed by atoms with Gasteiger partial charge in [0.25, 0.3) is 5.56 Å². The molecule has 0 atom stereocenters. The largest absolute Gasteiger partial charge is 0.382 e. The summed E-state index contributed by atoms with van der Waals surface area (Å²) in [5.74, 6) is -0.462. The maximum atomic E-state index is 13.7. The molecule has 0 bridgehead atoms. The normalized spacial score (nSPS) is 10.6. The Morgan fingerprint density at radius 3 is 2.85 bits per heavy atom. The molecule has 1 aromatic heterocycles. The van der Waals surface area contributed by atoms with Gasteiger partial charge < -0.3 is 11.1 Å². The zero-order valence-electron chi connectivity index (χ0n) is 10.6. The number of benzene rings is 1. The third-order valence-electron chi connectivity index (χ3n) is 2.68. The van der Waals surface area contributed by atoms with E-state index in [2.05, 4.69) is 10.4 Å². The van der Waals surface area contributed by atoms with Crippen molar-refractivity contribution in [3.05, 3.63) is 57.2 Å². The summed E-state index contributed by atoms with van der Waals surface area (Å²) in [7, 11) is 0. The maximum absolute atomic E-state index is 13.7. The van der Waals surface area contributed by atoms with Gasteiger partial charge >= 0.3 is 0 Å². The summed E-state index contributed by atoms with van der Waals surface area (Å²) in [5.41, 5.74) is 5.98. The number of rotatable bonds is 5. The van der Waals surface area contributed by atoms with E-state index in [1.165, 1.54) is 29.1 Å². The highest BCUT2D eigenvalue weighted by atomic mass is 35.5. The van der Waals surface area contributed by atoms with Gasteiger partial charge in [0.1, 0.15) is 5.82 Å². The van der Waals surface area contributed by atoms with Crippen molar-refractivity contribution in [3.63, 3.8) is 0 Å². The van der Waals surface area contributed by atoms with E-state index in [1.54, 1.807) is 6.07 Å². The van der Waals surface area contributed by atoms with Gasteiger partial charge in [-0.2, -0.15) is 5.10 Å². The number of nitrogens with two attached hydrogens (primary N) is 1. The van der Waals surface area contributed by atoms with Gasteiger partial charge in [0.05, 0.1) is 18.4 Å². The summed E-state index contributed by atoms with van der Waals surface area (Å²) >= 11 is 5.68. The number of aromatic nitrogens is 2. The second-order valence-electron chi connectivity index (χ2n) is 4.19. The molecular formula is C13H14ClFN4O. The van der Waals surface area contributed by atoms with E-state index in [0.717, 1.165) is 0 Å². The summed E-state index contributed by atoms with van der Waals surface area (Å²) in [5, 5.41) is 7.26. The zero-order valence-corrected chi connectivity index (χ0v) is 11.4. The monoisotopic (exact) mass is 296 g/mol. The number of hydrogen-bond donors (Lipinski definition) is 2. The molecular weight excluding hydrogens is 283 g/mol. The lowest BCUT2D eigenvalue weighted by molar-refractivity contribution is 0.572. The van der Waals surface area contributed by atoms with Crippen molar-refractivity contribution in [2.24, 2.45) is 5.73 Å². The summed E-state index contributed by atoms with van der Waals surface area (Å²) < 4.78 is 14.8. The van der Waals surface area contributed by atoms with Gasteiger partial charge in [-0.25, -0.2) is 9.07 Å². The Morgan fingerprint density at radius 2 is 2.20 bits per heavy atom. The van der Waals surface area contributed by atoms with Crippen molar-refractivity contribution in [1.82, 2.24) is 9.78 Å². The van der Waals surface area contributed by atoms with Crippen LogP contribution < -0.4 is 16.6 Å². The first-order chi connectivity index (χ1) is 9.60. The molecule has 0 spiro atoms. The van der Waals surface area contributed by atoms with Crippen LogP contribution in [0.25, 0.3) is 0 Å².